The van der Waals surface area contributed by atoms with E-state index in [9.17, 15) is 4.79 Å². The van der Waals surface area contributed by atoms with Crippen LogP contribution in [0.4, 0.5) is 5.69 Å². The number of aromatic nitrogens is 3. The Hall–Kier alpha value is -2.86. The van der Waals surface area contributed by atoms with Crippen molar-refractivity contribution in [2.75, 3.05) is 11.9 Å². The van der Waals surface area contributed by atoms with Crippen molar-refractivity contribution in [3.05, 3.63) is 59.4 Å². The van der Waals surface area contributed by atoms with Gasteiger partial charge in [0.1, 0.15) is 0 Å². The van der Waals surface area contributed by atoms with Crippen LogP contribution in [0, 0.1) is 0 Å². The maximum atomic E-state index is 12.5. The Morgan fingerprint density at radius 1 is 1.29 bits per heavy atom. The van der Waals surface area contributed by atoms with Crippen LogP contribution >= 0.6 is 11.6 Å². The minimum atomic E-state index is -0.400. The highest BCUT2D eigenvalue weighted by molar-refractivity contribution is 6.34. The number of amides is 1. The Morgan fingerprint density at radius 2 is 2.17 bits per heavy atom. The Labute approximate surface area is 143 Å². The number of carbonyl (C=O) groups is 1. The van der Waals surface area contributed by atoms with Crippen molar-refractivity contribution in [1.29, 1.82) is 0 Å². The number of anilines is 1. The minimum absolute atomic E-state index is 0.120. The molecule has 122 valence electrons. The molecule has 1 amide bonds. The first-order valence-electron chi connectivity index (χ1n) is 7.38. The van der Waals surface area contributed by atoms with Crippen LogP contribution in [0.3, 0.4) is 0 Å². The van der Waals surface area contributed by atoms with Crippen molar-refractivity contribution < 1.29 is 9.53 Å². The van der Waals surface area contributed by atoms with Crippen LogP contribution in [0.15, 0.2) is 48.7 Å². The number of nitrogens with zero attached hydrogens (tertiary/aromatic N) is 2. The third kappa shape index (κ3) is 3.55. The fourth-order valence-corrected chi connectivity index (χ4v) is 2.37. The van der Waals surface area contributed by atoms with E-state index in [1.54, 1.807) is 24.4 Å². The van der Waals surface area contributed by atoms with Gasteiger partial charge in [0.25, 0.3) is 5.91 Å². The number of ether oxygens (including phenoxy) is 1. The van der Waals surface area contributed by atoms with E-state index in [2.05, 4.69) is 20.5 Å². The van der Waals surface area contributed by atoms with E-state index in [1.807, 2.05) is 31.2 Å². The fraction of sp³-hybridized carbons (Fsp3) is 0.118. The molecule has 3 aromatic rings. The highest BCUT2D eigenvalue weighted by Crippen LogP contribution is 2.23. The number of rotatable bonds is 5. The molecule has 0 bridgehead atoms. The molecular weight excluding hydrogens is 328 g/mol. The number of nitrogens with one attached hydrogen (secondary N) is 2. The predicted octanol–water partition coefficient (Wildman–Crippen LogP) is 3.78. The summed E-state index contributed by atoms with van der Waals surface area (Å²) in [7, 11) is 0. The lowest BCUT2D eigenvalue weighted by molar-refractivity contribution is 0.102. The van der Waals surface area contributed by atoms with E-state index < -0.39 is 5.91 Å². The smallest absolute Gasteiger partial charge is 0.275 e. The van der Waals surface area contributed by atoms with E-state index in [0.717, 1.165) is 11.3 Å². The maximum Gasteiger partial charge on any atom is 0.275 e. The van der Waals surface area contributed by atoms with Gasteiger partial charge >= 0.3 is 0 Å². The second kappa shape index (κ2) is 7.14. The molecule has 6 nitrogen and oxygen atoms in total. The van der Waals surface area contributed by atoms with Gasteiger partial charge in [-0.3, -0.25) is 9.89 Å². The number of H-pyrrole nitrogens is 1. The molecule has 3 rings (SSSR count). The van der Waals surface area contributed by atoms with Gasteiger partial charge < -0.3 is 10.1 Å². The summed E-state index contributed by atoms with van der Waals surface area (Å²) >= 11 is 6.08. The summed E-state index contributed by atoms with van der Waals surface area (Å²) in [5, 5.41) is 9.86. The highest BCUT2D eigenvalue weighted by atomic mass is 35.5. The molecule has 0 unspecified atom stereocenters. The van der Waals surface area contributed by atoms with Crippen LogP contribution in [0.25, 0.3) is 11.3 Å². The van der Waals surface area contributed by atoms with Gasteiger partial charge in [-0.15, -0.1) is 0 Å². The Balaban J connectivity index is 1.82. The highest BCUT2D eigenvalue weighted by Gasteiger charge is 2.14. The topological polar surface area (TPSA) is 79.9 Å². The van der Waals surface area contributed by atoms with Crippen molar-refractivity contribution in [3.8, 4) is 17.1 Å². The quantitative estimate of drug-likeness (QED) is 0.739. The molecular formula is C17H15ClN4O2. The Morgan fingerprint density at radius 3 is 2.92 bits per heavy atom. The number of carbonyl (C=O) groups excluding carboxylic acids is 1. The van der Waals surface area contributed by atoms with Crippen molar-refractivity contribution >= 4 is 23.2 Å². The minimum Gasteiger partial charge on any atom is -0.478 e. The summed E-state index contributed by atoms with van der Waals surface area (Å²) in [5.41, 5.74) is 2.52. The zero-order valence-corrected chi connectivity index (χ0v) is 13.7. The van der Waals surface area contributed by atoms with Gasteiger partial charge in [-0.2, -0.15) is 5.10 Å². The molecule has 0 aliphatic rings. The van der Waals surface area contributed by atoms with Gasteiger partial charge in [0.2, 0.25) is 5.88 Å². The second-order valence-corrected chi connectivity index (χ2v) is 5.33. The zero-order valence-electron chi connectivity index (χ0n) is 12.9. The third-order valence-corrected chi connectivity index (χ3v) is 3.56. The lowest BCUT2D eigenvalue weighted by Gasteiger charge is -2.09. The molecule has 0 saturated heterocycles. The van der Waals surface area contributed by atoms with E-state index in [1.165, 1.54) is 0 Å². The lowest BCUT2D eigenvalue weighted by Crippen LogP contribution is -2.15. The lowest BCUT2D eigenvalue weighted by atomic mass is 10.1. The van der Waals surface area contributed by atoms with Crippen LogP contribution in [0.5, 0.6) is 5.88 Å². The number of benzene rings is 1. The predicted molar refractivity (Wildman–Crippen MR) is 92.4 cm³/mol. The van der Waals surface area contributed by atoms with Crippen LogP contribution < -0.4 is 10.1 Å². The first kappa shape index (κ1) is 16.0. The molecule has 7 heteroatoms. The van der Waals surface area contributed by atoms with E-state index in [0.29, 0.717) is 18.2 Å². The second-order valence-electron chi connectivity index (χ2n) is 4.92. The Bertz CT molecular complexity index is 850. The molecule has 0 radical (unpaired) electrons. The van der Waals surface area contributed by atoms with E-state index >= 15 is 0 Å². The summed E-state index contributed by atoms with van der Waals surface area (Å²) in [6.45, 7) is 2.30. The summed E-state index contributed by atoms with van der Waals surface area (Å²) in [6.07, 6.45) is 1.67. The standard InChI is InChI=1S/C17H15ClN4O2/c1-2-24-15-7-6-13(18)16(21-15)17(23)20-12-5-3-4-11(10-12)14-8-9-19-22-14/h3-10H,2H2,1H3,(H,19,22)(H,20,23). The van der Waals surface area contributed by atoms with Crippen LogP contribution in [0.1, 0.15) is 17.4 Å². The fourth-order valence-electron chi connectivity index (χ4n) is 2.18. The molecule has 2 aromatic heterocycles. The molecule has 24 heavy (non-hydrogen) atoms. The van der Waals surface area contributed by atoms with E-state index in [-0.39, 0.29) is 10.7 Å². The third-order valence-electron chi connectivity index (χ3n) is 3.26. The molecule has 2 heterocycles. The summed E-state index contributed by atoms with van der Waals surface area (Å²) in [5.74, 6) is -0.0402. The SMILES string of the molecule is CCOc1ccc(Cl)c(C(=O)Nc2cccc(-c3ccn[nH]3)c2)n1. The van der Waals surface area contributed by atoms with Crippen LogP contribution in [0.2, 0.25) is 5.02 Å². The summed E-state index contributed by atoms with van der Waals surface area (Å²) in [4.78, 5) is 16.6. The first-order chi connectivity index (χ1) is 11.7. The molecule has 0 aliphatic heterocycles. The van der Waals surface area contributed by atoms with Gasteiger partial charge in [0.05, 0.1) is 17.3 Å². The number of halogens is 1. The molecule has 2 N–H and O–H groups in total. The number of pyridine rings is 1. The molecule has 0 spiro atoms. The molecule has 0 fully saturated rings. The average Bonchev–Trinajstić information content (AvgIpc) is 3.11. The van der Waals surface area contributed by atoms with Crippen molar-refractivity contribution in [2.45, 2.75) is 6.92 Å². The number of aromatic amines is 1. The molecule has 0 aliphatic carbocycles. The van der Waals surface area contributed by atoms with Gasteiger partial charge in [-0.1, -0.05) is 23.7 Å². The van der Waals surface area contributed by atoms with Gasteiger partial charge in [0, 0.05) is 23.5 Å². The number of hydrogen-bond acceptors (Lipinski definition) is 4. The molecule has 0 atom stereocenters. The molecule has 1 aromatic carbocycles. The van der Waals surface area contributed by atoms with Gasteiger partial charge in [-0.05, 0) is 31.2 Å². The van der Waals surface area contributed by atoms with Crippen molar-refractivity contribution in [3.63, 3.8) is 0 Å². The zero-order chi connectivity index (χ0) is 16.9. The van der Waals surface area contributed by atoms with Crippen LogP contribution in [-0.2, 0) is 0 Å². The average molecular weight is 343 g/mol. The molecule has 0 saturated carbocycles. The van der Waals surface area contributed by atoms with Crippen LogP contribution in [-0.4, -0.2) is 27.7 Å². The van der Waals surface area contributed by atoms with Crippen molar-refractivity contribution in [2.24, 2.45) is 0 Å². The summed E-state index contributed by atoms with van der Waals surface area (Å²) in [6, 6.07) is 12.5. The Kier molecular flexibility index (Phi) is 4.77. The van der Waals surface area contributed by atoms with Gasteiger partial charge in [0.15, 0.2) is 5.69 Å². The maximum absolute atomic E-state index is 12.5. The monoisotopic (exact) mass is 342 g/mol. The van der Waals surface area contributed by atoms with E-state index in [4.69, 9.17) is 16.3 Å². The first-order valence-corrected chi connectivity index (χ1v) is 7.75. The number of hydrogen-bond donors (Lipinski definition) is 2. The normalized spacial score (nSPS) is 10.4. The largest absolute Gasteiger partial charge is 0.478 e. The van der Waals surface area contributed by atoms with Crippen molar-refractivity contribution in [1.82, 2.24) is 15.2 Å². The van der Waals surface area contributed by atoms with Gasteiger partial charge in [-0.25, -0.2) is 4.98 Å². The summed E-state index contributed by atoms with van der Waals surface area (Å²) < 4.78 is 5.31.